The molecule has 0 aromatic rings. The van der Waals surface area contributed by atoms with E-state index >= 15 is 0 Å². The second-order valence-corrected chi connectivity index (χ2v) is 1.88. The quantitative estimate of drug-likeness (QED) is 0.445. The van der Waals surface area contributed by atoms with Gasteiger partial charge in [-0.2, -0.15) is 0 Å². The third kappa shape index (κ3) is 17.7. The smallest absolute Gasteiger partial charge is 0.207 e. The fraction of sp³-hybridized carbons (Fsp3) is 0.875. The van der Waals surface area contributed by atoms with Crippen LogP contribution in [0.15, 0.2) is 0 Å². The van der Waals surface area contributed by atoms with E-state index < -0.39 is 0 Å². The molecule has 0 aliphatic rings. The molecule has 0 radical (unpaired) electrons. The molecule has 3 nitrogen and oxygen atoms in total. The van der Waals surface area contributed by atoms with Crippen molar-refractivity contribution in [1.82, 2.24) is 10.6 Å². The molecule has 0 aromatic carbocycles. The molecule has 0 unspecified atom stereocenters. The lowest BCUT2D eigenvalue weighted by Gasteiger charge is -1.97. The number of nitrogens with one attached hydrogen (secondary N) is 2. The van der Waals surface area contributed by atoms with Crippen molar-refractivity contribution in [1.29, 1.82) is 0 Å². The van der Waals surface area contributed by atoms with Crippen LogP contribution in [0.3, 0.4) is 0 Å². The molecule has 0 saturated heterocycles. The zero-order valence-corrected chi connectivity index (χ0v) is 7.81. The largest absolute Gasteiger partial charge is 0.359 e. The van der Waals surface area contributed by atoms with Crippen molar-refractivity contribution in [3.05, 3.63) is 0 Å². The molecular formula is C8H20N2O. The van der Waals surface area contributed by atoms with Crippen LogP contribution in [0.1, 0.15) is 26.7 Å². The van der Waals surface area contributed by atoms with E-state index in [0.29, 0.717) is 0 Å². The molecular weight excluding hydrogens is 140 g/mol. The molecule has 0 aliphatic carbocycles. The number of carbonyl (C=O) groups is 1. The van der Waals surface area contributed by atoms with Crippen LogP contribution in [0.2, 0.25) is 0 Å². The van der Waals surface area contributed by atoms with Crippen LogP contribution in [-0.2, 0) is 4.79 Å². The predicted octanol–water partition coefficient (Wildman–Crippen LogP) is 0.758. The van der Waals surface area contributed by atoms with E-state index in [-0.39, 0.29) is 0 Å². The Hall–Kier alpha value is -0.570. The molecule has 68 valence electrons. The van der Waals surface area contributed by atoms with Crippen molar-refractivity contribution in [2.75, 3.05) is 20.1 Å². The van der Waals surface area contributed by atoms with Crippen molar-refractivity contribution in [3.8, 4) is 0 Å². The van der Waals surface area contributed by atoms with Gasteiger partial charge in [0, 0.05) is 6.54 Å². The van der Waals surface area contributed by atoms with Crippen LogP contribution in [0, 0.1) is 0 Å². The standard InChI is InChI=1S/C6H14N2O.C2H6/c1-7-4-2-3-5-8-6-9;1-2/h6-7H,2-5H2,1H3,(H,8,9);1-2H3. The van der Waals surface area contributed by atoms with Gasteiger partial charge in [0.25, 0.3) is 0 Å². The maximum Gasteiger partial charge on any atom is 0.207 e. The van der Waals surface area contributed by atoms with Gasteiger partial charge in [0.2, 0.25) is 6.41 Å². The van der Waals surface area contributed by atoms with Gasteiger partial charge in [-0.15, -0.1) is 0 Å². The summed E-state index contributed by atoms with van der Waals surface area (Å²) in [7, 11) is 1.92. The number of rotatable bonds is 6. The number of hydrogen-bond acceptors (Lipinski definition) is 2. The van der Waals surface area contributed by atoms with E-state index in [0.717, 1.165) is 32.3 Å². The van der Waals surface area contributed by atoms with E-state index in [2.05, 4.69) is 10.6 Å². The van der Waals surface area contributed by atoms with Gasteiger partial charge in [-0.25, -0.2) is 0 Å². The van der Waals surface area contributed by atoms with E-state index in [1.807, 2.05) is 20.9 Å². The monoisotopic (exact) mass is 160 g/mol. The Labute approximate surface area is 69.6 Å². The van der Waals surface area contributed by atoms with Crippen LogP contribution >= 0.6 is 0 Å². The first-order valence-electron chi connectivity index (χ1n) is 4.23. The summed E-state index contributed by atoms with van der Waals surface area (Å²) in [5.41, 5.74) is 0. The molecule has 0 bridgehead atoms. The lowest BCUT2D eigenvalue weighted by atomic mass is 10.3. The van der Waals surface area contributed by atoms with E-state index in [1.54, 1.807) is 0 Å². The first-order valence-corrected chi connectivity index (χ1v) is 4.23. The highest BCUT2D eigenvalue weighted by atomic mass is 16.1. The summed E-state index contributed by atoms with van der Waals surface area (Å²) in [5.74, 6) is 0. The fourth-order valence-corrected chi connectivity index (χ4v) is 0.588. The van der Waals surface area contributed by atoms with Gasteiger partial charge in [-0.05, 0) is 26.4 Å². The predicted molar refractivity (Wildman–Crippen MR) is 48.6 cm³/mol. The topological polar surface area (TPSA) is 41.1 Å². The second-order valence-electron chi connectivity index (χ2n) is 1.88. The van der Waals surface area contributed by atoms with Crippen LogP contribution < -0.4 is 10.6 Å². The third-order valence-electron chi connectivity index (χ3n) is 1.08. The zero-order valence-electron chi connectivity index (χ0n) is 7.81. The number of unbranched alkanes of at least 4 members (excludes halogenated alkanes) is 1. The van der Waals surface area contributed by atoms with Gasteiger partial charge < -0.3 is 10.6 Å². The molecule has 0 spiro atoms. The summed E-state index contributed by atoms with van der Waals surface area (Å²) in [6.07, 6.45) is 2.91. The first-order chi connectivity index (χ1) is 5.41. The molecule has 0 atom stereocenters. The summed E-state index contributed by atoms with van der Waals surface area (Å²) < 4.78 is 0. The molecule has 3 heteroatoms. The summed E-state index contributed by atoms with van der Waals surface area (Å²) in [5, 5.41) is 5.63. The molecule has 0 fully saturated rings. The van der Waals surface area contributed by atoms with Gasteiger partial charge in [-0.1, -0.05) is 13.8 Å². The lowest BCUT2D eigenvalue weighted by Crippen LogP contribution is -2.14. The summed E-state index contributed by atoms with van der Waals surface area (Å²) in [6, 6.07) is 0. The van der Waals surface area contributed by atoms with E-state index in [4.69, 9.17) is 0 Å². The van der Waals surface area contributed by atoms with Crippen LogP contribution in [0.5, 0.6) is 0 Å². The van der Waals surface area contributed by atoms with E-state index in [9.17, 15) is 4.79 Å². The minimum Gasteiger partial charge on any atom is -0.359 e. The molecule has 0 saturated carbocycles. The summed E-state index contributed by atoms with van der Waals surface area (Å²) in [6.45, 7) is 5.83. The Morgan fingerprint density at radius 1 is 1.18 bits per heavy atom. The van der Waals surface area contributed by atoms with Crippen molar-refractivity contribution < 1.29 is 4.79 Å². The Morgan fingerprint density at radius 2 is 1.73 bits per heavy atom. The van der Waals surface area contributed by atoms with E-state index in [1.165, 1.54) is 0 Å². The van der Waals surface area contributed by atoms with Gasteiger partial charge in [0.05, 0.1) is 0 Å². The molecule has 0 aromatic heterocycles. The van der Waals surface area contributed by atoms with Crippen molar-refractivity contribution in [2.45, 2.75) is 26.7 Å². The average Bonchev–Trinajstić information content (AvgIpc) is 2.08. The molecule has 11 heavy (non-hydrogen) atoms. The summed E-state index contributed by atoms with van der Waals surface area (Å²) >= 11 is 0. The fourth-order valence-electron chi connectivity index (χ4n) is 0.588. The van der Waals surface area contributed by atoms with Gasteiger partial charge in [-0.3, -0.25) is 4.79 Å². The van der Waals surface area contributed by atoms with Gasteiger partial charge in [0.15, 0.2) is 0 Å². The molecule has 0 aliphatic heterocycles. The van der Waals surface area contributed by atoms with Crippen LogP contribution in [0.25, 0.3) is 0 Å². The molecule has 0 heterocycles. The van der Waals surface area contributed by atoms with Crippen molar-refractivity contribution in [2.24, 2.45) is 0 Å². The third-order valence-corrected chi connectivity index (χ3v) is 1.08. The highest BCUT2D eigenvalue weighted by molar-refractivity contribution is 5.45. The zero-order chi connectivity index (χ0) is 8.95. The van der Waals surface area contributed by atoms with Gasteiger partial charge >= 0.3 is 0 Å². The SMILES string of the molecule is CC.CNCCCCNC=O. The maximum atomic E-state index is 9.71. The second kappa shape index (κ2) is 16.2. The lowest BCUT2D eigenvalue weighted by molar-refractivity contribution is -0.109. The van der Waals surface area contributed by atoms with Crippen molar-refractivity contribution >= 4 is 6.41 Å². The molecule has 0 rings (SSSR count). The highest BCUT2D eigenvalue weighted by Gasteiger charge is 1.83. The average molecular weight is 160 g/mol. The normalized spacial score (nSPS) is 7.91. The molecule has 2 N–H and O–H groups in total. The Balaban J connectivity index is 0. The summed E-state index contributed by atoms with van der Waals surface area (Å²) in [4.78, 5) is 9.71. The highest BCUT2D eigenvalue weighted by Crippen LogP contribution is 1.81. The first kappa shape index (κ1) is 13.1. The Kier molecular flexibility index (Phi) is 19.2. The minimum atomic E-state index is 0.735. The Morgan fingerprint density at radius 3 is 2.18 bits per heavy atom. The molecule has 1 amide bonds. The van der Waals surface area contributed by atoms with Crippen molar-refractivity contribution in [3.63, 3.8) is 0 Å². The Bertz CT molecular complexity index is 67.1. The minimum absolute atomic E-state index is 0.735. The number of carbonyl (C=O) groups excluding carboxylic acids is 1. The number of amides is 1. The number of hydrogen-bond donors (Lipinski definition) is 2. The maximum absolute atomic E-state index is 9.71. The van der Waals surface area contributed by atoms with Gasteiger partial charge in [0.1, 0.15) is 0 Å². The van der Waals surface area contributed by atoms with Crippen LogP contribution in [-0.4, -0.2) is 26.5 Å². The van der Waals surface area contributed by atoms with Crippen LogP contribution in [0.4, 0.5) is 0 Å².